The van der Waals surface area contributed by atoms with Crippen molar-refractivity contribution in [1.29, 1.82) is 0 Å². The first kappa shape index (κ1) is 50.7. The fraction of sp³-hybridized carbons (Fsp3) is 0. The van der Waals surface area contributed by atoms with E-state index in [1.807, 2.05) is 0 Å². The van der Waals surface area contributed by atoms with Crippen LogP contribution in [0.15, 0.2) is 0 Å². The Bertz CT molecular complexity index is 17.1. The van der Waals surface area contributed by atoms with E-state index in [2.05, 4.69) is 0 Å². The maximum Gasteiger partial charge on any atom is 1.00 e. The molecule has 0 amide bonds. The standard InChI is InChI=1S/ClH.6Na.6H/h1H;;;;;;;;;;;;/q;6*+1;6*-1. The van der Waals surface area contributed by atoms with Crippen LogP contribution in [0.5, 0.6) is 0 Å². The predicted octanol–water partition coefficient (Wildman–Crippen LogP) is -16.9. The fourth-order valence-corrected chi connectivity index (χ4v) is 0. The first-order chi connectivity index (χ1) is 0. The fourth-order valence-electron chi connectivity index (χ4n) is 0. The summed E-state index contributed by atoms with van der Waals surface area (Å²) in [7, 11) is 0. The van der Waals surface area contributed by atoms with Crippen molar-refractivity contribution < 1.29 is 186 Å². The van der Waals surface area contributed by atoms with Crippen molar-refractivity contribution >= 4 is 12.4 Å². The number of hydrogen-bond donors (Lipinski definition) is 0. The second-order valence-corrected chi connectivity index (χ2v) is 0. The zero-order chi connectivity index (χ0) is 0. The van der Waals surface area contributed by atoms with Gasteiger partial charge in [0.2, 0.25) is 0 Å². The molecule has 0 unspecified atom stereocenters. The van der Waals surface area contributed by atoms with Crippen LogP contribution in [0.2, 0.25) is 0 Å². The Labute approximate surface area is 193 Å². The van der Waals surface area contributed by atoms with Gasteiger partial charge < -0.3 is 8.56 Å². The van der Waals surface area contributed by atoms with Crippen LogP contribution >= 0.6 is 12.4 Å². The first-order valence-electron chi connectivity index (χ1n) is 0. The Morgan fingerprint density at radius 1 is 0.429 bits per heavy atom. The van der Waals surface area contributed by atoms with Gasteiger partial charge in [0.15, 0.2) is 0 Å². The van der Waals surface area contributed by atoms with Crippen LogP contribution in [0.3, 0.4) is 0 Å². The zero-order valence-corrected chi connectivity index (χ0v) is 19.2. The minimum absolute atomic E-state index is 0. The van der Waals surface area contributed by atoms with Gasteiger partial charge in [-0.1, -0.05) is 0 Å². The third kappa shape index (κ3) is 32.9. The summed E-state index contributed by atoms with van der Waals surface area (Å²) >= 11 is 0. The third-order valence-corrected chi connectivity index (χ3v) is 0. The van der Waals surface area contributed by atoms with Crippen LogP contribution in [0.4, 0.5) is 0 Å². The molecular formula is H7ClNa6. The molecule has 0 radical (unpaired) electrons. The zero-order valence-electron chi connectivity index (χ0n) is 12.4. The van der Waals surface area contributed by atoms with E-state index < -0.39 is 0 Å². The number of hydrogen-bond acceptors (Lipinski definition) is 0. The molecule has 0 fully saturated rings. The number of halogens is 1. The predicted molar refractivity (Wildman–Crippen MR) is 13.9 cm³/mol. The summed E-state index contributed by atoms with van der Waals surface area (Å²) in [5.41, 5.74) is 0. The molecule has 0 spiro atoms. The Morgan fingerprint density at radius 2 is 0.429 bits per heavy atom. The van der Waals surface area contributed by atoms with E-state index in [1.54, 1.807) is 0 Å². The van der Waals surface area contributed by atoms with Gasteiger partial charge in [-0.25, -0.2) is 0 Å². The topological polar surface area (TPSA) is 0 Å². The van der Waals surface area contributed by atoms with Crippen molar-refractivity contribution in [3.63, 3.8) is 0 Å². The molecule has 0 aliphatic carbocycles. The molecule has 0 aliphatic heterocycles. The molecule has 0 saturated carbocycles. The Kier molecular flexibility index (Phi) is 287. The Balaban J connectivity index is 0. The molecule has 0 aromatic heterocycles. The summed E-state index contributed by atoms with van der Waals surface area (Å²) in [5, 5.41) is 0. The van der Waals surface area contributed by atoms with E-state index >= 15 is 0 Å². The second-order valence-electron chi connectivity index (χ2n) is 0. The van der Waals surface area contributed by atoms with E-state index in [4.69, 9.17) is 0 Å². The van der Waals surface area contributed by atoms with Gasteiger partial charge in [-0.2, -0.15) is 0 Å². The van der Waals surface area contributed by atoms with E-state index in [9.17, 15) is 0 Å². The molecule has 0 aromatic rings. The molecule has 7 heteroatoms. The molecule has 0 aromatic carbocycles. The van der Waals surface area contributed by atoms with Crippen LogP contribution in [0, 0.1) is 0 Å². The summed E-state index contributed by atoms with van der Waals surface area (Å²) in [4.78, 5) is 0. The maximum atomic E-state index is 0. The van der Waals surface area contributed by atoms with Crippen molar-refractivity contribution in [2.24, 2.45) is 0 Å². The Hall–Kier alpha value is 6.29. The van der Waals surface area contributed by atoms with E-state index in [0.717, 1.165) is 0 Å². The van der Waals surface area contributed by atoms with Crippen LogP contribution < -0.4 is 177 Å². The maximum absolute atomic E-state index is 0. The van der Waals surface area contributed by atoms with Crippen molar-refractivity contribution in [2.45, 2.75) is 0 Å². The minimum atomic E-state index is 0. The molecule has 0 rings (SSSR count). The van der Waals surface area contributed by atoms with Gasteiger partial charge in [0, 0.05) is 0 Å². The second kappa shape index (κ2) is 39.6. The van der Waals surface area contributed by atoms with Crippen LogP contribution in [0.1, 0.15) is 8.56 Å². The van der Waals surface area contributed by atoms with Crippen LogP contribution in [-0.2, 0) is 0 Å². The molecular weight excluding hydrogens is 173 g/mol. The van der Waals surface area contributed by atoms with Gasteiger partial charge >= 0.3 is 177 Å². The number of rotatable bonds is 0. The van der Waals surface area contributed by atoms with Gasteiger partial charge in [0.1, 0.15) is 0 Å². The van der Waals surface area contributed by atoms with E-state index in [-0.39, 0.29) is 198 Å². The molecule has 0 saturated heterocycles. The van der Waals surface area contributed by atoms with Crippen molar-refractivity contribution in [1.82, 2.24) is 0 Å². The average molecular weight is 180 g/mol. The van der Waals surface area contributed by atoms with Gasteiger partial charge in [-0.15, -0.1) is 12.4 Å². The molecule has 0 nitrogen and oxygen atoms in total. The van der Waals surface area contributed by atoms with Gasteiger partial charge in [-0.3, -0.25) is 0 Å². The van der Waals surface area contributed by atoms with Gasteiger partial charge in [0.25, 0.3) is 0 Å². The molecule has 0 aliphatic rings. The summed E-state index contributed by atoms with van der Waals surface area (Å²) in [6.45, 7) is 0. The molecule has 20 valence electrons. The molecule has 7 heavy (non-hydrogen) atoms. The quantitative estimate of drug-likeness (QED) is 0.325. The summed E-state index contributed by atoms with van der Waals surface area (Å²) in [5.74, 6) is 0. The first-order valence-corrected chi connectivity index (χ1v) is 0. The van der Waals surface area contributed by atoms with Gasteiger partial charge in [0.05, 0.1) is 0 Å². The molecule has 0 bridgehead atoms. The van der Waals surface area contributed by atoms with E-state index in [0.29, 0.717) is 0 Å². The summed E-state index contributed by atoms with van der Waals surface area (Å²) in [6.07, 6.45) is 0. The largest absolute Gasteiger partial charge is 1.00 e. The third-order valence-electron chi connectivity index (χ3n) is 0. The van der Waals surface area contributed by atoms with Crippen molar-refractivity contribution in [3.8, 4) is 0 Å². The minimum Gasteiger partial charge on any atom is -1.00 e. The molecule has 0 heterocycles. The van der Waals surface area contributed by atoms with Crippen LogP contribution in [-0.4, -0.2) is 0 Å². The normalized spacial score (nSPS) is 0. The van der Waals surface area contributed by atoms with Crippen molar-refractivity contribution in [3.05, 3.63) is 0 Å². The summed E-state index contributed by atoms with van der Waals surface area (Å²) < 4.78 is 0. The average Bonchev–Trinajstić information content (AvgIpc) is 0. The summed E-state index contributed by atoms with van der Waals surface area (Å²) in [6, 6.07) is 0. The van der Waals surface area contributed by atoms with Crippen LogP contribution in [0.25, 0.3) is 0 Å². The van der Waals surface area contributed by atoms with Gasteiger partial charge in [-0.05, 0) is 0 Å². The monoisotopic (exact) mass is 180 g/mol. The SMILES string of the molecule is Cl.[H-].[H-].[H-].[H-].[H-].[H-].[Na+].[Na+].[Na+].[Na+].[Na+].[Na+]. The van der Waals surface area contributed by atoms with Crippen molar-refractivity contribution in [2.75, 3.05) is 0 Å². The van der Waals surface area contributed by atoms with E-state index in [1.165, 1.54) is 0 Å². The Morgan fingerprint density at radius 3 is 0.429 bits per heavy atom. The molecule has 0 atom stereocenters. The molecule has 0 N–H and O–H groups in total. The smallest absolute Gasteiger partial charge is 1.00 e.